The number of pyridine rings is 1. The lowest BCUT2D eigenvalue weighted by Gasteiger charge is -2.26. The Hall–Kier alpha value is -2.61. The van der Waals surface area contributed by atoms with Gasteiger partial charge in [0.2, 0.25) is 0 Å². The van der Waals surface area contributed by atoms with Crippen LogP contribution in [0.25, 0.3) is 0 Å². The number of rotatable bonds is 6. The molecule has 1 N–H and O–H groups in total. The molecule has 0 bridgehead atoms. The number of sulfone groups is 1. The highest BCUT2D eigenvalue weighted by atomic mass is 32.2. The Labute approximate surface area is 159 Å². The molecule has 2 heterocycles. The van der Waals surface area contributed by atoms with Crippen molar-refractivity contribution in [1.82, 2.24) is 9.88 Å². The maximum Gasteiger partial charge on any atom is 0.272 e. The van der Waals surface area contributed by atoms with Gasteiger partial charge in [-0.2, -0.15) is 0 Å². The van der Waals surface area contributed by atoms with Crippen molar-refractivity contribution in [2.75, 3.05) is 30.5 Å². The second-order valence-electron chi connectivity index (χ2n) is 6.43. The number of hydrogen-bond acceptors (Lipinski definition) is 6. The fourth-order valence-electron chi connectivity index (χ4n) is 3.23. The fraction of sp³-hybridized carbons (Fsp3) is 0.368. The van der Waals surface area contributed by atoms with E-state index < -0.39 is 9.84 Å². The Kier molecular flexibility index (Phi) is 5.65. The summed E-state index contributed by atoms with van der Waals surface area (Å²) in [5.41, 5.74) is 1.83. The van der Waals surface area contributed by atoms with Gasteiger partial charge in [-0.05, 0) is 37.6 Å². The zero-order valence-corrected chi connectivity index (χ0v) is 16.2. The Morgan fingerprint density at radius 1 is 1.30 bits per heavy atom. The molecule has 8 heteroatoms. The van der Waals surface area contributed by atoms with Gasteiger partial charge in [0, 0.05) is 36.2 Å². The molecule has 1 aliphatic heterocycles. The largest absolute Gasteiger partial charge is 0.497 e. The number of benzene rings is 1. The zero-order valence-electron chi connectivity index (χ0n) is 15.4. The van der Waals surface area contributed by atoms with Crippen molar-refractivity contribution in [3.05, 3.63) is 48.3 Å². The highest BCUT2D eigenvalue weighted by Gasteiger charge is 2.34. The van der Waals surface area contributed by atoms with Gasteiger partial charge in [-0.1, -0.05) is 6.07 Å². The zero-order chi connectivity index (χ0) is 19.4. The van der Waals surface area contributed by atoms with E-state index >= 15 is 0 Å². The number of hydrogen-bond donors (Lipinski definition) is 1. The van der Waals surface area contributed by atoms with E-state index in [0.29, 0.717) is 13.0 Å². The number of nitrogens with one attached hydrogen (secondary N) is 1. The molecular weight excluding hydrogens is 366 g/mol. The van der Waals surface area contributed by atoms with Crippen LogP contribution in [0, 0.1) is 0 Å². The number of nitrogens with zero attached hydrogens (tertiary/aromatic N) is 2. The monoisotopic (exact) mass is 389 g/mol. The van der Waals surface area contributed by atoms with Gasteiger partial charge >= 0.3 is 0 Å². The molecule has 7 nitrogen and oxygen atoms in total. The van der Waals surface area contributed by atoms with E-state index in [1.807, 2.05) is 31.2 Å². The fourth-order valence-corrected chi connectivity index (χ4v) is 4.96. The standard InChI is InChI=1S/C19H23N3O4S/c1-3-22(16-8-10-27(24,25)13-16)19(23)18-12-15(7-9-20-18)21-14-5-4-6-17(11-14)26-2/h4-7,9,11-12,16H,3,8,10,13H2,1-2H3,(H,20,21). The van der Waals surface area contributed by atoms with Gasteiger partial charge in [-0.25, -0.2) is 8.42 Å². The smallest absolute Gasteiger partial charge is 0.272 e. The molecule has 1 fully saturated rings. The van der Waals surface area contributed by atoms with Gasteiger partial charge in [0.05, 0.1) is 18.6 Å². The first-order valence-electron chi connectivity index (χ1n) is 8.80. The minimum absolute atomic E-state index is 0.0222. The van der Waals surface area contributed by atoms with Crippen LogP contribution in [0.3, 0.4) is 0 Å². The average molecular weight is 389 g/mol. The lowest BCUT2D eigenvalue weighted by molar-refractivity contribution is 0.0702. The topological polar surface area (TPSA) is 88.6 Å². The molecule has 144 valence electrons. The maximum atomic E-state index is 12.9. The Morgan fingerprint density at radius 2 is 2.07 bits per heavy atom. The van der Waals surface area contributed by atoms with Gasteiger partial charge in [0.1, 0.15) is 11.4 Å². The lowest BCUT2D eigenvalue weighted by atomic mass is 10.2. The molecule has 1 unspecified atom stereocenters. The number of carbonyl (C=O) groups excluding carboxylic acids is 1. The van der Waals surface area contributed by atoms with E-state index in [1.54, 1.807) is 30.3 Å². The highest BCUT2D eigenvalue weighted by molar-refractivity contribution is 7.91. The third kappa shape index (κ3) is 4.57. The van der Waals surface area contributed by atoms with E-state index in [2.05, 4.69) is 10.3 Å². The van der Waals surface area contributed by atoms with Crippen LogP contribution in [-0.2, 0) is 9.84 Å². The van der Waals surface area contributed by atoms with Gasteiger partial charge in [-0.3, -0.25) is 9.78 Å². The first-order chi connectivity index (χ1) is 12.9. The summed E-state index contributed by atoms with van der Waals surface area (Å²) >= 11 is 0. The third-order valence-electron chi connectivity index (χ3n) is 4.59. The number of aromatic nitrogens is 1. The van der Waals surface area contributed by atoms with Crippen LogP contribution in [0.4, 0.5) is 11.4 Å². The molecule has 1 atom stereocenters. The average Bonchev–Trinajstić information content (AvgIpc) is 3.02. The van der Waals surface area contributed by atoms with Crippen molar-refractivity contribution in [3.63, 3.8) is 0 Å². The number of methoxy groups -OCH3 is 1. The van der Waals surface area contributed by atoms with Gasteiger partial charge < -0.3 is 15.0 Å². The van der Waals surface area contributed by atoms with Crippen LogP contribution in [0.15, 0.2) is 42.6 Å². The molecule has 1 amide bonds. The minimum Gasteiger partial charge on any atom is -0.497 e. The molecule has 0 aliphatic carbocycles. The van der Waals surface area contributed by atoms with Crippen molar-refractivity contribution in [2.45, 2.75) is 19.4 Å². The number of ether oxygens (including phenoxy) is 1. The van der Waals surface area contributed by atoms with Crippen molar-refractivity contribution in [2.24, 2.45) is 0 Å². The van der Waals surface area contributed by atoms with E-state index in [4.69, 9.17) is 4.74 Å². The molecule has 27 heavy (non-hydrogen) atoms. The molecule has 1 aromatic carbocycles. The van der Waals surface area contributed by atoms with Crippen LogP contribution in [-0.4, -0.2) is 55.4 Å². The van der Waals surface area contributed by atoms with Crippen molar-refractivity contribution < 1.29 is 17.9 Å². The predicted molar refractivity (Wildman–Crippen MR) is 104 cm³/mol. The summed E-state index contributed by atoms with van der Waals surface area (Å²) in [6.45, 7) is 2.29. The minimum atomic E-state index is -3.06. The first-order valence-corrected chi connectivity index (χ1v) is 10.6. The Bertz CT molecular complexity index is 930. The second kappa shape index (κ2) is 7.96. The number of amides is 1. The molecule has 2 aromatic rings. The summed E-state index contributed by atoms with van der Waals surface area (Å²) in [6, 6.07) is 10.6. The molecule has 0 saturated carbocycles. The molecule has 1 aliphatic rings. The third-order valence-corrected chi connectivity index (χ3v) is 6.34. The van der Waals surface area contributed by atoms with Crippen LogP contribution >= 0.6 is 0 Å². The summed E-state index contributed by atoms with van der Waals surface area (Å²) in [7, 11) is -1.46. The van der Waals surface area contributed by atoms with Crippen molar-refractivity contribution in [3.8, 4) is 5.75 Å². The molecule has 0 radical (unpaired) electrons. The number of anilines is 2. The van der Waals surface area contributed by atoms with E-state index in [-0.39, 0.29) is 29.1 Å². The molecular formula is C19H23N3O4S. The van der Waals surface area contributed by atoms with Gasteiger partial charge in [0.15, 0.2) is 9.84 Å². The number of carbonyl (C=O) groups is 1. The summed E-state index contributed by atoms with van der Waals surface area (Å²) in [4.78, 5) is 18.7. The molecule has 1 saturated heterocycles. The van der Waals surface area contributed by atoms with Crippen LogP contribution < -0.4 is 10.1 Å². The Morgan fingerprint density at radius 3 is 2.74 bits per heavy atom. The summed E-state index contributed by atoms with van der Waals surface area (Å²) < 4.78 is 28.7. The predicted octanol–water partition coefficient (Wildman–Crippen LogP) is 2.48. The van der Waals surface area contributed by atoms with Crippen molar-refractivity contribution >= 4 is 27.1 Å². The van der Waals surface area contributed by atoms with Crippen LogP contribution in [0.5, 0.6) is 5.75 Å². The molecule has 0 spiro atoms. The van der Waals surface area contributed by atoms with Gasteiger partial charge in [0.25, 0.3) is 5.91 Å². The molecule has 1 aromatic heterocycles. The summed E-state index contributed by atoms with van der Waals surface area (Å²) in [5, 5.41) is 3.23. The normalized spacial score (nSPS) is 18.1. The summed E-state index contributed by atoms with van der Waals surface area (Å²) in [6.07, 6.45) is 2.04. The van der Waals surface area contributed by atoms with Crippen LogP contribution in [0.2, 0.25) is 0 Å². The van der Waals surface area contributed by atoms with Crippen LogP contribution in [0.1, 0.15) is 23.8 Å². The quantitative estimate of drug-likeness (QED) is 0.817. The lowest BCUT2D eigenvalue weighted by Crippen LogP contribution is -2.41. The first kappa shape index (κ1) is 19.2. The van der Waals surface area contributed by atoms with E-state index in [9.17, 15) is 13.2 Å². The Balaban J connectivity index is 1.78. The second-order valence-corrected chi connectivity index (χ2v) is 8.66. The van der Waals surface area contributed by atoms with E-state index in [0.717, 1.165) is 17.1 Å². The summed E-state index contributed by atoms with van der Waals surface area (Å²) in [5.74, 6) is 0.625. The van der Waals surface area contributed by atoms with E-state index in [1.165, 1.54) is 0 Å². The van der Waals surface area contributed by atoms with Crippen molar-refractivity contribution in [1.29, 1.82) is 0 Å². The molecule has 3 rings (SSSR count). The SMILES string of the molecule is CCN(C(=O)c1cc(Nc2cccc(OC)c2)ccn1)C1CCS(=O)(=O)C1. The highest BCUT2D eigenvalue weighted by Crippen LogP contribution is 2.23. The maximum absolute atomic E-state index is 12.9. The van der Waals surface area contributed by atoms with Gasteiger partial charge in [-0.15, -0.1) is 0 Å².